The van der Waals surface area contributed by atoms with Gasteiger partial charge in [-0.1, -0.05) is 12.1 Å². The van der Waals surface area contributed by atoms with Crippen LogP contribution in [0, 0.1) is 11.7 Å². The van der Waals surface area contributed by atoms with Crippen LogP contribution in [0.4, 0.5) is 4.39 Å². The van der Waals surface area contributed by atoms with Gasteiger partial charge >= 0.3 is 0 Å². The molecule has 36 heavy (non-hydrogen) atoms. The average molecular weight is 488 g/mol. The van der Waals surface area contributed by atoms with Crippen LogP contribution < -0.4 is 10.6 Å². The van der Waals surface area contributed by atoms with E-state index in [4.69, 9.17) is 0 Å². The molecule has 8 heteroatoms. The number of nitrogens with zero attached hydrogens (tertiary/aromatic N) is 3. The molecule has 2 amide bonds. The molecule has 0 radical (unpaired) electrons. The average Bonchev–Trinajstić information content (AvgIpc) is 3.74. The third-order valence-corrected chi connectivity index (χ3v) is 6.79. The van der Waals surface area contributed by atoms with E-state index in [0.29, 0.717) is 28.3 Å². The van der Waals surface area contributed by atoms with Crippen LogP contribution in [-0.4, -0.2) is 52.4 Å². The number of nitrogens with one attached hydrogen (secondary N) is 2. The maximum atomic E-state index is 13.5. The van der Waals surface area contributed by atoms with Crippen LogP contribution in [0.3, 0.4) is 0 Å². The number of hydrogen-bond donors (Lipinski definition) is 2. The molecule has 7 nitrogen and oxygen atoms in total. The van der Waals surface area contributed by atoms with Crippen LogP contribution in [0.2, 0.25) is 0 Å². The highest BCUT2D eigenvalue weighted by molar-refractivity contribution is 5.94. The third-order valence-electron chi connectivity index (χ3n) is 6.79. The van der Waals surface area contributed by atoms with E-state index >= 15 is 0 Å². The molecule has 0 unspecified atom stereocenters. The van der Waals surface area contributed by atoms with Crippen LogP contribution >= 0.6 is 0 Å². The standard InChI is InChI=1S/C28H30FN5O2/c29-23-3-1-2-20(14-23)26-9-7-22(17-31-26)28(36)33-24-10-12-34(13-11-24)18-25-8-6-21(16-30-25)27(35)32-15-19-4-5-19/h1-3,6-9,14,16-17,19,24H,4-5,10-13,15,18H2,(H,32,35)(H,33,36). The van der Waals surface area contributed by atoms with Crippen LogP contribution in [-0.2, 0) is 6.54 Å². The highest BCUT2D eigenvalue weighted by Crippen LogP contribution is 2.27. The van der Waals surface area contributed by atoms with Gasteiger partial charge in [0.2, 0.25) is 0 Å². The van der Waals surface area contributed by atoms with E-state index in [1.807, 2.05) is 12.1 Å². The molecule has 2 N–H and O–H groups in total. The molecular weight excluding hydrogens is 457 g/mol. The molecule has 2 aliphatic rings. The molecule has 1 aliphatic carbocycles. The van der Waals surface area contributed by atoms with Crippen LogP contribution in [0.15, 0.2) is 60.9 Å². The van der Waals surface area contributed by atoms with E-state index < -0.39 is 0 Å². The highest BCUT2D eigenvalue weighted by Gasteiger charge is 2.23. The number of piperidine rings is 1. The molecule has 1 aromatic carbocycles. The van der Waals surface area contributed by atoms with Crippen molar-refractivity contribution in [2.75, 3.05) is 19.6 Å². The lowest BCUT2D eigenvalue weighted by Gasteiger charge is -2.32. The first-order valence-electron chi connectivity index (χ1n) is 12.5. The van der Waals surface area contributed by atoms with E-state index in [9.17, 15) is 14.0 Å². The van der Waals surface area contributed by atoms with Crippen molar-refractivity contribution >= 4 is 11.8 Å². The molecule has 0 spiro atoms. The summed E-state index contributed by atoms with van der Waals surface area (Å²) in [6.45, 7) is 3.18. The number of aromatic nitrogens is 2. The third kappa shape index (κ3) is 6.31. The Balaban J connectivity index is 1.07. The van der Waals surface area contributed by atoms with Crippen LogP contribution in [0.5, 0.6) is 0 Å². The Morgan fingerprint density at radius 3 is 2.33 bits per heavy atom. The second-order valence-electron chi connectivity index (χ2n) is 9.66. The topological polar surface area (TPSA) is 87.2 Å². The second kappa shape index (κ2) is 11.0. The predicted octanol–water partition coefficient (Wildman–Crippen LogP) is 3.82. The van der Waals surface area contributed by atoms with Gasteiger partial charge in [-0.2, -0.15) is 0 Å². The number of rotatable bonds is 8. The number of likely N-dealkylation sites (tertiary alicyclic amines) is 1. The number of amides is 2. The number of hydrogen-bond acceptors (Lipinski definition) is 5. The van der Waals surface area contributed by atoms with Crippen molar-refractivity contribution in [2.24, 2.45) is 5.92 Å². The van der Waals surface area contributed by atoms with Gasteiger partial charge in [0.05, 0.1) is 22.5 Å². The zero-order valence-electron chi connectivity index (χ0n) is 20.1. The van der Waals surface area contributed by atoms with Gasteiger partial charge < -0.3 is 10.6 Å². The Hall–Kier alpha value is -3.65. The zero-order chi connectivity index (χ0) is 24.9. The molecule has 186 valence electrons. The van der Waals surface area contributed by atoms with E-state index in [0.717, 1.165) is 44.7 Å². The first-order valence-corrected chi connectivity index (χ1v) is 12.5. The maximum Gasteiger partial charge on any atom is 0.253 e. The molecule has 0 bridgehead atoms. The van der Waals surface area contributed by atoms with Crippen molar-refractivity contribution in [3.63, 3.8) is 0 Å². The lowest BCUT2D eigenvalue weighted by molar-refractivity contribution is 0.0906. The summed E-state index contributed by atoms with van der Waals surface area (Å²) in [5, 5.41) is 6.07. The van der Waals surface area contributed by atoms with Gasteiger partial charge in [0.15, 0.2) is 0 Å². The summed E-state index contributed by atoms with van der Waals surface area (Å²) >= 11 is 0. The highest BCUT2D eigenvalue weighted by atomic mass is 19.1. The molecule has 3 heterocycles. The van der Waals surface area contributed by atoms with Gasteiger partial charge in [-0.15, -0.1) is 0 Å². The number of halogens is 1. The van der Waals surface area contributed by atoms with Crippen molar-refractivity contribution in [3.8, 4) is 11.3 Å². The van der Waals surface area contributed by atoms with Crippen molar-refractivity contribution in [2.45, 2.75) is 38.3 Å². The van der Waals surface area contributed by atoms with Crippen molar-refractivity contribution < 1.29 is 14.0 Å². The molecule has 2 aromatic heterocycles. The van der Waals surface area contributed by atoms with Crippen molar-refractivity contribution in [1.29, 1.82) is 0 Å². The van der Waals surface area contributed by atoms with Gasteiger partial charge in [-0.3, -0.25) is 24.5 Å². The minimum atomic E-state index is -0.318. The van der Waals surface area contributed by atoms with E-state index in [-0.39, 0.29) is 23.7 Å². The largest absolute Gasteiger partial charge is 0.352 e. The Labute approximate surface area is 210 Å². The Bertz CT molecular complexity index is 1200. The van der Waals surface area contributed by atoms with Gasteiger partial charge in [0, 0.05) is 50.2 Å². The predicted molar refractivity (Wildman–Crippen MR) is 135 cm³/mol. The summed E-state index contributed by atoms with van der Waals surface area (Å²) in [6, 6.07) is 13.6. The summed E-state index contributed by atoms with van der Waals surface area (Å²) < 4.78 is 13.5. The Kier molecular flexibility index (Phi) is 7.32. The molecule has 3 aromatic rings. The van der Waals surface area contributed by atoms with E-state index in [2.05, 4.69) is 25.5 Å². The minimum absolute atomic E-state index is 0.0590. The summed E-state index contributed by atoms with van der Waals surface area (Å²) in [5.74, 6) is 0.125. The Morgan fingerprint density at radius 2 is 1.67 bits per heavy atom. The first kappa shape index (κ1) is 24.1. The fourth-order valence-corrected chi connectivity index (χ4v) is 4.39. The minimum Gasteiger partial charge on any atom is -0.352 e. The number of carbonyl (C=O) groups excluding carboxylic acids is 2. The summed E-state index contributed by atoms with van der Waals surface area (Å²) in [6.07, 6.45) is 7.30. The summed E-state index contributed by atoms with van der Waals surface area (Å²) in [4.78, 5) is 36.0. The fraction of sp³-hybridized carbons (Fsp3) is 0.357. The summed E-state index contributed by atoms with van der Waals surface area (Å²) in [7, 11) is 0. The molecule has 0 atom stereocenters. The second-order valence-corrected chi connectivity index (χ2v) is 9.66. The monoisotopic (exact) mass is 487 g/mol. The number of carbonyl (C=O) groups is 2. The van der Waals surface area contributed by atoms with E-state index in [1.165, 1.54) is 31.2 Å². The number of pyridine rings is 2. The van der Waals surface area contributed by atoms with Crippen LogP contribution in [0.1, 0.15) is 52.1 Å². The smallest absolute Gasteiger partial charge is 0.253 e. The van der Waals surface area contributed by atoms with Crippen molar-refractivity contribution in [3.05, 3.63) is 83.6 Å². The normalized spacial score (nSPS) is 16.5. The maximum absolute atomic E-state index is 13.5. The van der Waals surface area contributed by atoms with Gasteiger partial charge in [0.25, 0.3) is 11.8 Å². The van der Waals surface area contributed by atoms with Crippen LogP contribution in [0.25, 0.3) is 11.3 Å². The fourth-order valence-electron chi connectivity index (χ4n) is 4.39. The SMILES string of the molecule is O=C(NCC1CC1)c1ccc(CN2CCC(NC(=O)c3ccc(-c4cccc(F)c4)nc3)CC2)nc1. The molecule has 1 aliphatic heterocycles. The zero-order valence-corrected chi connectivity index (χ0v) is 20.1. The molecular formula is C28H30FN5O2. The van der Waals surface area contributed by atoms with Gasteiger partial charge in [-0.25, -0.2) is 4.39 Å². The van der Waals surface area contributed by atoms with Gasteiger partial charge in [-0.05, 0) is 68.0 Å². The molecule has 1 saturated carbocycles. The molecule has 5 rings (SSSR count). The molecule has 1 saturated heterocycles. The lowest BCUT2D eigenvalue weighted by Crippen LogP contribution is -2.44. The van der Waals surface area contributed by atoms with Gasteiger partial charge in [0.1, 0.15) is 5.82 Å². The first-order chi connectivity index (χ1) is 17.5. The summed E-state index contributed by atoms with van der Waals surface area (Å²) in [5.41, 5.74) is 3.32. The quantitative estimate of drug-likeness (QED) is 0.505. The Morgan fingerprint density at radius 1 is 0.917 bits per heavy atom. The number of benzene rings is 1. The van der Waals surface area contributed by atoms with Crippen molar-refractivity contribution in [1.82, 2.24) is 25.5 Å². The van der Waals surface area contributed by atoms with E-state index in [1.54, 1.807) is 30.5 Å². The molecule has 2 fully saturated rings. The lowest BCUT2D eigenvalue weighted by atomic mass is 10.0.